The molecule has 1 saturated heterocycles. The molecule has 7 nitrogen and oxygen atoms in total. The second kappa shape index (κ2) is 8.29. The van der Waals surface area contributed by atoms with Crippen molar-refractivity contribution in [2.24, 2.45) is 0 Å². The van der Waals surface area contributed by atoms with Crippen LogP contribution in [0.5, 0.6) is 5.75 Å². The van der Waals surface area contributed by atoms with Crippen molar-refractivity contribution in [2.45, 2.75) is 11.3 Å². The number of carbonyl (C=O) groups excluding carboxylic acids is 1. The Kier molecular flexibility index (Phi) is 5.73. The molecular weight excluding hydrogens is 428 g/mol. The molecule has 0 spiro atoms. The molecule has 1 aliphatic heterocycles. The van der Waals surface area contributed by atoms with Gasteiger partial charge < -0.3 is 14.1 Å². The summed E-state index contributed by atoms with van der Waals surface area (Å²) in [4.78, 5) is 14.6. The number of hydrogen-bond acceptors (Lipinski definition) is 5. The highest BCUT2D eigenvalue weighted by Gasteiger charge is 2.31. The molecule has 0 unspecified atom stereocenters. The minimum Gasteiger partial charge on any atom is -0.497 e. The van der Waals surface area contributed by atoms with Crippen molar-refractivity contribution in [1.82, 2.24) is 9.21 Å². The highest BCUT2D eigenvalue weighted by Crippen LogP contribution is 2.27. The van der Waals surface area contributed by atoms with E-state index in [0.717, 1.165) is 10.9 Å². The third-order valence-corrected chi connectivity index (χ3v) is 7.65. The monoisotopic (exact) mass is 448 g/mol. The summed E-state index contributed by atoms with van der Waals surface area (Å²) in [5, 5.41) is 1.06. The quantitative estimate of drug-likeness (QED) is 0.599. The van der Waals surface area contributed by atoms with Crippen LogP contribution in [-0.4, -0.2) is 56.8 Å². The first-order valence-corrected chi connectivity index (χ1v) is 11.3. The number of nitrogens with zero attached hydrogens (tertiary/aromatic N) is 2. The number of piperazine rings is 1. The van der Waals surface area contributed by atoms with E-state index in [2.05, 4.69) is 0 Å². The Labute approximate surface area is 179 Å². The predicted molar refractivity (Wildman–Crippen MR) is 113 cm³/mol. The number of amides is 1. The number of carbonyl (C=O) groups is 1. The van der Waals surface area contributed by atoms with Crippen molar-refractivity contribution < 1.29 is 22.4 Å². The van der Waals surface area contributed by atoms with Crippen LogP contribution >= 0.6 is 11.6 Å². The van der Waals surface area contributed by atoms with Crippen LogP contribution in [0.25, 0.3) is 11.0 Å². The molecule has 158 valence electrons. The van der Waals surface area contributed by atoms with Crippen LogP contribution in [-0.2, 0) is 21.2 Å². The number of ether oxygens (including phenoxy) is 1. The molecule has 0 atom stereocenters. The van der Waals surface area contributed by atoms with Crippen molar-refractivity contribution >= 4 is 38.5 Å². The Hall–Kier alpha value is -2.55. The Morgan fingerprint density at radius 2 is 1.87 bits per heavy atom. The molecule has 1 aromatic heterocycles. The maximum Gasteiger partial charge on any atom is 0.244 e. The van der Waals surface area contributed by atoms with Crippen LogP contribution < -0.4 is 4.74 Å². The van der Waals surface area contributed by atoms with E-state index in [1.54, 1.807) is 42.5 Å². The standard InChI is InChI=1S/C21H21ClN2O5S/c1-28-16-6-7-17-15(14-29-19(17)13-16)12-21(25)23-8-10-24(11-9-23)30(26,27)20-5-3-2-4-18(20)22/h2-7,13-14H,8-12H2,1H3. The summed E-state index contributed by atoms with van der Waals surface area (Å²) < 4.78 is 37.8. The van der Waals surface area contributed by atoms with E-state index in [0.29, 0.717) is 24.4 Å². The molecule has 3 aromatic rings. The summed E-state index contributed by atoms with van der Waals surface area (Å²) in [7, 11) is -2.11. The van der Waals surface area contributed by atoms with Gasteiger partial charge in [0.15, 0.2) is 0 Å². The first-order chi connectivity index (χ1) is 14.4. The van der Waals surface area contributed by atoms with Crippen LogP contribution in [0.1, 0.15) is 5.56 Å². The molecule has 1 aliphatic rings. The summed E-state index contributed by atoms with van der Waals surface area (Å²) >= 11 is 6.07. The van der Waals surface area contributed by atoms with Crippen molar-refractivity contribution in [3.05, 3.63) is 59.3 Å². The highest BCUT2D eigenvalue weighted by molar-refractivity contribution is 7.89. The normalized spacial score (nSPS) is 15.5. The zero-order valence-corrected chi connectivity index (χ0v) is 17.9. The molecule has 4 rings (SSSR count). The maximum absolute atomic E-state index is 12.9. The fourth-order valence-electron chi connectivity index (χ4n) is 3.57. The fourth-order valence-corrected chi connectivity index (χ4v) is 5.49. The van der Waals surface area contributed by atoms with Crippen molar-refractivity contribution in [3.63, 3.8) is 0 Å². The molecule has 30 heavy (non-hydrogen) atoms. The van der Waals surface area contributed by atoms with Crippen molar-refractivity contribution in [1.29, 1.82) is 0 Å². The number of benzene rings is 2. The van der Waals surface area contributed by atoms with E-state index >= 15 is 0 Å². The van der Waals surface area contributed by atoms with Gasteiger partial charge in [0.25, 0.3) is 0 Å². The van der Waals surface area contributed by atoms with Crippen LogP contribution in [0.3, 0.4) is 0 Å². The number of rotatable bonds is 5. The van der Waals surface area contributed by atoms with Crippen LogP contribution in [0.4, 0.5) is 0 Å². The number of sulfonamides is 1. The first kappa shape index (κ1) is 20.7. The molecule has 2 aromatic carbocycles. The van der Waals surface area contributed by atoms with Gasteiger partial charge in [0.1, 0.15) is 16.2 Å². The molecule has 1 fully saturated rings. The summed E-state index contributed by atoms with van der Waals surface area (Å²) in [6.45, 7) is 1.10. The number of fused-ring (bicyclic) bond motifs is 1. The van der Waals surface area contributed by atoms with E-state index in [1.165, 1.54) is 10.4 Å². The smallest absolute Gasteiger partial charge is 0.244 e. The van der Waals surface area contributed by atoms with E-state index in [9.17, 15) is 13.2 Å². The first-order valence-electron chi connectivity index (χ1n) is 9.47. The van der Waals surface area contributed by atoms with E-state index in [1.807, 2.05) is 12.1 Å². The van der Waals surface area contributed by atoms with E-state index in [-0.39, 0.29) is 35.3 Å². The Morgan fingerprint density at radius 3 is 2.57 bits per heavy atom. The number of halogens is 1. The van der Waals surface area contributed by atoms with Gasteiger partial charge in [0.05, 0.1) is 24.8 Å². The second-order valence-electron chi connectivity index (χ2n) is 7.02. The molecular formula is C21H21ClN2O5S. The topological polar surface area (TPSA) is 80.1 Å². The van der Waals surface area contributed by atoms with Crippen molar-refractivity contribution in [2.75, 3.05) is 33.3 Å². The SMILES string of the molecule is COc1ccc2c(CC(=O)N3CCN(S(=O)(=O)c4ccccc4Cl)CC3)coc2c1. The minimum absolute atomic E-state index is 0.0664. The predicted octanol–water partition coefficient (Wildman–Crippen LogP) is 3.17. The lowest BCUT2D eigenvalue weighted by Crippen LogP contribution is -2.50. The van der Waals surface area contributed by atoms with Gasteiger partial charge in [-0.05, 0) is 24.3 Å². The Morgan fingerprint density at radius 1 is 1.13 bits per heavy atom. The lowest BCUT2D eigenvalue weighted by Gasteiger charge is -2.34. The van der Waals surface area contributed by atoms with Gasteiger partial charge in [-0.15, -0.1) is 0 Å². The van der Waals surface area contributed by atoms with Crippen LogP contribution in [0, 0.1) is 0 Å². The third-order valence-electron chi connectivity index (χ3n) is 5.25. The molecule has 0 radical (unpaired) electrons. The van der Waals surface area contributed by atoms with Gasteiger partial charge >= 0.3 is 0 Å². The van der Waals surface area contributed by atoms with Crippen molar-refractivity contribution in [3.8, 4) is 5.75 Å². The van der Waals surface area contributed by atoms with Gasteiger partial charge in [0, 0.05) is 43.2 Å². The molecule has 9 heteroatoms. The summed E-state index contributed by atoms with van der Waals surface area (Å²) in [6.07, 6.45) is 1.77. The molecule has 2 heterocycles. The molecule has 0 N–H and O–H groups in total. The lowest BCUT2D eigenvalue weighted by molar-refractivity contribution is -0.131. The van der Waals surface area contributed by atoms with Crippen LogP contribution in [0.15, 0.2) is 58.0 Å². The van der Waals surface area contributed by atoms with Gasteiger partial charge in [-0.2, -0.15) is 4.31 Å². The second-order valence-corrected chi connectivity index (χ2v) is 9.33. The highest BCUT2D eigenvalue weighted by atomic mass is 35.5. The maximum atomic E-state index is 12.9. The number of hydrogen-bond donors (Lipinski definition) is 0. The van der Waals surface area contributed by atoms with Gasteiger partial charge in [-0.3, -0.25) is 4.79 Å². The lowest BCUT2D eigenvalue weighted by atomic mass is 10.1. The molecule has 0 aliphatic carbocycles. The molecule has 1 amide bonds. The van der Waals surface area contributed by atoms with Gasteiger partial charge in [-0.25, -0.2) is 8.42 Å². The van der Waals surface area contributed by atoms with Gasteiger partial charge in [-0.1, -0.05) is 23.7 Å². The average molecular weight is 449 g/mol. The van der Waals surface area contributed by atoms with E-state index < -0.39 is 10.0 Å². The summed E-state index contributed by atoms with van der Waals surface area (Å²) in [5.74, 6) is 0.619. The van der Waals surface area contributed by atoms with E-state index in [4.69, 9.17) is 20.8 Å². The fraction of sp³-hybridized carbons (Fsp3) is 0.286. The zero-order valence-electron chi connectivity index (χ0n) is 16.4. The minimum atomic E-state index is -3.69. The Bertz CT molecular complexity index is 1180. The van der Waals surface area contributed by atoms with Gasteiger partial charge in [0.2, 0.25) is 15.9 Å². The number of furan rings is 1. The largest absolute Gasteiger partial charge is 0.497 e. The Balaban J connectivity index is 1.42. The third kappa shape index (κ3) is 3.90. The number of methoxy groups -OCH3 is 1. The molecule has 0 bridgehead atoms. The summed E-state index contributed by atoms with van der Waals surface area (Å²) in [6, 6.07) is 11.9. The zero-order chi connectivity index (χ0) is 21.3. The average Bonchev–Trinajstić information content (AvgIpc) is 3.15. The molecule has 0 saturated carbocycles. The van der Waals surface area contributed by atoms with Crippen LogP contribution in [0.2, 0.25) is 5.02 Å². The summed E-state index contributed by atoms with van der Waals surface area (Å²) in [5.41, 5.74) is 1.46.